The van der Waals surface area contributed by atoms with Gasteiger partial charge in [-0.05, 0) is 32.0 Å². The standard InChI is InChI=1S/C18H19N7O3S2/c1-11-8-12(2)20-17(19-11)29-9-15-22-23-18(24(15)3)30-10-16(26)21-13-4-6-14(7-5-13)25(27)28/h4-8H,9-10H2,1-3H3,(H,21,26). The predicted octanol–water partition coefficient (Wildman–Crippen LogP) is 3.15. The number of carbonyl (C=O) groups excluding carboxylic acids is 1. The van der Waals surface area contributed by atoms with E-state index in [1.807, 2.05) is 31.5 Å². The summed E-state index contributed by atoms with van der Waals surface area (Å²) in [4.78, 5) is 31.1. The summed E-state index contributed by atoms with van der Waals surface area (Å²) in [6, 6.07) is 7.59. The maximum Gasteiger partial charge on any atom is 0.269 e. The van der Waals surface area contributed by atoms with Gasteiger partial charge in [0.05, 0.1) is 16.4 Å². The van der Waals surface area contributed by atoms with Crippen LogP contribution in [0.25, 0.3) is 0 Å². The highest BCUT2D eigenvalue weighted by molar-refractivity contribution is 7.99. The molecule has 156 valence electrons. The van der Waals surface area contributed by atoms with Crippen molar-refractivity contribution in [2.75, 3.05) is 11.1 Å². The Hall–Kier alpha value is -2.99. The number of rotatable bonds is 8. The molecule has 0 fully saturated rings. The number of carbonyl (C=O) groups is 1. The summed E-state index contributed by atoms with van der Waals surface area (Å²) in [7, 11) is 1.84. The van der Waals surface area contributed by atoms with Crippen molar-refractivity contribution >= 4 is 40.8 Å². The number of hydrogen-bond donors (Lipinski definition) is 1. The van der Waals surface area contributed by atoms with E-state index in [9.17, 15) is 14.9 Å². The van der Waals surface area contributed by atoms with E-state index in [4.69, 9.17) is 0 Å². The normalized spacial score (nSPS) is 10.8. The van der Waals surface area contributed by atoms with Gasteiger partial charge in [0.1, 0.15) is 5.82 Å². The van der Waals surface area contributed by atoms with Crippen molar-refractivity contribution in [3.63, 3.8) is 0 Å². The largest absolute Gasteiger partial charge is 0.325 e. The first kappa shape index (κ1) is 21.7. The number of amides is 1. The summed E-state index contributed by atoms with van der Waals surface area (Å²) >= 11 is 2.74. The molecule has 0 saturated heterocycles. The maximum absolute atomic E-state index is 12.2. The summed E-state index contributed by atoms with van der Waals surface area (Å²) in [6.45, 7) is 3.86. The van der Waals surface area contributed by atoms with E-state index in [0.29, 0.717) is 21.8 Å². The molecule has 0 atom stereocenters. The molecule has 0 aliphatic rings. The van der Waals surface area contributed by atoms with E-state index < -0.39 is 4.92 Å². The fourth-order valence-electron chi connectivity index (χ4n) is 2.48. The lowest BCUT2D eigenvalue weighted by atomic mass is 10.3. The van der Waals surface area contributed by atoms with Crippen LogP contribution >= 0.6 is 23.5 Å². The minimum Gasteiger partial charge on any atom is -0.325 e. The predicted molar refractivity (Wildman–Crippen MR) is 115 cm³/mol. The van der Waals surface area contributed by atoms with Crippen molar-refractivity contribution in [1.82, 2.24) is 24.7 Å². The zero-order valence-electron chi connectivity index (χ0n) is 16.5. The number of benzene rings is 1. The first-order valence-corrected chi connectivity index (χ1v) is 10.8. The Morgan fingerprint density at radius 1 is 1.13 bits per heavy atom. The first-order valence-electron chi connectivity index (χ1n) is 8.82. The van der Waals surface area contributed by atoms with Crippen LogP contribution in [0.2, 0.25) is 0 Å². The highest BCUT2D eigenvalue weighted by Crippen LogP contribution is 2.22. The molecule has 0 aliphatic carbocycles. The van der Waals surface area contributed by atoms with Crippen LogP contribution < -0.4 is 5.32 Å². The van der Waals surface area contributed by atoms with Crippen LogP contribution in [0.4, 0.5) is 11.4 Å². The average Bonchev–Trinajstić information content (AvgIpc) is 3.04. The maximum atomic E-state index is 12.2. The van der Waals surface area contributed by atoms with Crippen molar-refractivity contribution in [2.24, 2.45) is 7.05 Å². The van der Waals surface area contributed by atoms with E-state index in [2.05, 4.69) is 25.5 Å². The van der Waals surface area contributed by atoms with Gasteiger partial charge in [-0.25, -0.2) is 9.97 Å². The fourth-order valence-corrected chi connectivity index (χ4v) is 4.13. The van der Waals surface area contributed by atoms with Gasteiger partial charge < -0.3 is 9.88 Å². The molecule has 0 unspecified atom stereocenters. The number of nitrogens with one attached hydrogen (secondary N) is 1. The van der Waals surface area contributed by atoms with Crippen molar-refractivity contribution in [1.29, 1.82) is 0 Å². The van der Waals surface area contributed by atoms with Crippen molar-refractivity contribution in [3.8, 4) is 0 Å². The van der Waals surface area contributed by atoms with Crippen molar-refractivity contribution in [3.05, 3.63) is 57.7 Å². The van der Waals surface area contributed by atoms with E-state index in [-0.39, 0.29) is 17.3 Å². The quantitative estimate of drug-likeness (QED) is 0.240. The number of anilines is 1. The molecule has 3 aromatic rings. The molecule has 12 heteroatoms. The molecular weight excluding hydrogens is 426 g/mol. The van der Waals surface area contributed by atoms with Crippen LogP contribution in [0.3, 0.4) is 0 Å². The fraction of sp³-hybridized carbons (Fsp3) is 0.278. The minimum absolute atomic E-state index is 0.0296. The molecule has 0 radical (unpaired) electrons. The molecule has 2 heterocycles. The second kappa shape index (κ2) is 9.67. The average molecular weight is 446 g/mol. The molecule has 1 amide bonds. The second-order valence-electron chi connectivity index (χ2n) is 6.32. The van der Waals surface area contributed by atoms with Crippen LogP contribution in [0.1, 0.15) is 17.2 Å². The Kier molecular flexibility index (Phi) is 7.00. The van der Waals surface area contributed by atoms with Crippen molar-refractivity contribution in [2.45, 2.75) is 29.9 Å². The van der Waals surface area contributed by atoms with E-state index in [1.165, 1.54) is 47.8 Å². The summed E-state index contributed by atoms with van der Waals surface area (Å²) in [5, 5.41) is 23.0. The number of aromatic nitrogens is 5. The molecule has 10 nitrogen and oxygen atoms in total. The van der Waals surface area contributed by atoms with Gasteiger partial charge in [0.2, 0.25) is 5.91 Å². The third-order valence-electron chi connectivity index (χ3n) is 3.91. The molecule has 0 aliphatic heterocycles. The van der Waals surface area contributed by atoms with Gasteiger partial charge in [0.15, 0.2) is 10.3 Å². The van der Waals surface area contributed by atoms with E-state index >= 15 is 0 Å². The zero-order valence-corrected chi connectivity index (χ0v) is 18.2. The first-order chi connectivity index (χ1) is 14.3. The molecule has 2 aromatic heterocycles. The smallest absolute Gasteiger partial charge is 0.269 e. The SMILES string of the molecule is Cc1cc(C)nc(SCc2nnc(SCC(=O)Nc3ccc([N+](=O)[O-])cc3)n2C)n1. The highest BCUT2D eigenvalue weighted by atomic mass is 32.2. The lowest BCUT2D eigenvalue weighted by Crippen LogP contribution is -2.14. The Bertz CT molecular complexity index is 1050. The second-order valence-corrected chi connectivity index (χ2v) is 8.21. The number of thioether (sulfide) groups is 2. The molecule has 1 N–H and O–H groups in total. The number of non-ortho nitro benzene ring substituents is 1. The Balaban J connectivity index is 1.53. The minimum atomic E-state index is -0.488. The summed E-state index contributed by atoms with van der Waals surface area (Å²) < 4.78 is 1.83. The number of aryl methyl sites for hydroxylation is 2. The van der Waals surface area contributed by atoms with Crippen LogP contribution in [-0.2, 0) is 17.6 Å². The highest BCUT2D eigenvalue weighted by Gasteiger charge is 2.13. The lowest BCUT2D eigenvalue weighted by molar-refractivity contribution is -0.384. The molecule has 30 heavy (non-hydrogen) atoms. The van der Waals surface area contributed by atoms with Gasteiger partial charge in [-0.2, -0.15) is 0 Å². The monoisotopic (exact) mass is 445 g/mol. The Morgan fingerprint density at radius 3 is 2.43 bits per heavy atom. The van der Waals surface area contributed by atoms with E-state index in [1.54, 1.807) is 0 Å². The van der Waals surface area contributed by atoms with Gasteiger partial charge in [-0.15, -0.1) is 10.2 Å². The van der Waals surface area contributed by atoms with Crippen LogP contribution in [0.5, 0.6) is 0 Å². The zero-order chi connectivity index (χ0) is 21.7. The van der Waals surface area contributed by atoms with E-state index in [0.717, 1.165) is 17.2 Å². The molecule has 1 aromatic carbocycles. The summed E-state index contributed by atoms with van der Waals surface area (Å²) in [5.74, 6) is 1.20. The summed E-state index contributed by atoms with van der Waals surface area (Å²) in [6.07, 6.45) is 0. The van der Waals surface area contributed by atoms with Gasteiger partial charge in [-0.3, -0.25) is 14.9 Å². The third kappa shape index (κ3) is 5.76. The number of nitrogens with zero attached hydrogens (tertiary/aromatic N) is 6. The molecule has 0 bridgehead atoms. The molecular formula is C18H19N7O3S2. The lowest BCUT2D eigenvalue weighted by Gasteiger charge is -2.06. The van der Waals surface area contributed by atoms with Crippen molar-refractivity contribution < 1.29 is 9.72 Å². The van der Waals surface area contributed by atoms with Crippen LogP contribution in [0.15, 0.2) is 40.6 Å². The summed E-state index contributed by atoms with van der Waals surface area (Å²) in [5.41, 5.74) is 2.30. The molecule has 3 rings (SSSR count). The topological polar surface area (TPSA) is 129 Å². The van der Waals surface area contributed by atoms with Crippen LogP contribution in [-0.4, -0.2) is 41.3 Å². The molecule has 0 spiro atoms. The van der Waals surface area contributed by atoms with Gasteiger partial charge in [0, 0.05) is 36.3 Å². The number of nitro groups is 1. The third-order valence-corrected chi connectivity index (χ3v) is 5.78. The van der Waals surface area contributed by atoms with Gasteiger partial charge in [0.25, 0.3) is 5.69 Å². The molecule has 0 saturated carbocycles. The van der Waals surface area contributed by atoms with Gasteiger partial charge >= 0.3 is 0 Å². The van der Waals surface area contributed by atoms with Crippen LogP contribution in [0, 0.1) is 24.0 Å². The number of nitro benzene ring substituents is 1. The number of hydrogen-bond acceptors (Lipinski definition) is 9. The Labute approximate surface area is 181 Å². The Morgan fingerprint density at radius 2 is 1.80 bits per heavy atom. The van der Waals surface area contributed by atoms with Gasteiger partial charge in [-0.1, -0.05) is 23.5 Å².